The summed E-state index contributed by atoms with van der Waals surface area (Å²) in [6, 6.07) is 5.24. The number of anilines is 1. The molecule has 0 fully saturated rings. The van der Waals surface area contributed by atoms with Crippen LogP contribution < -0.4 is 20.5 Å². The Labute approximate surface area is 193 Å². The zero-order valence-electron chi connectivity index (χ0n) is 19.3. The first kappa shape index (κ1) is 24.1. The molecule has 0 saturated heterocycles. The van der Waals surface area contributed by atoms with Gasteiger partial charge in [-0.05, 0) is 64.9 Å². The maximum absolute atomic E-state index is 12.8. The molecule has 32 heavy (non-hydrogen) atoms. The van der Waals surface area contributed by atoms with Crippen LogP contribution in [-0.2, 0) is 24.2 Å². The highest BCUT2D eigenvalue weighted by atomic mass is 32.2. The molecule has 3 rings (SSSR count). The van der Waals surface area contributed by atoms with Crippen molar-refractivity contribution < 1.29 is 14.3 Å². The van der Waals surface area contributed by atoms with Crippen molar-refractivity contribution in [1.29, 1.82) is 0 Å². The maximum atomic E-state index is 12.8. The molecule has 0 unspecified atom stereocenters. The number of thioether (sulfide) groups is 1. The van der Waals surface area contributed by atoms with Crippen LogP contribution in [0.3, 0.4) is 0 Å². The Balaban J connectivity index is 1.73. The molecule has 1 aromatic carbocycles. The Hall–Kier alpha value is -2.52. The monoisotopic (exact) mass is 460 g/mol. The standard InChI is InChI=1S/C23H32N4O4S/c1-26(2)12-7-13-27-19-9-6-5-8-17(19)22(25-23(27)29)32-15-21(28)24-18-14-16(30-3)10-11-20(18)31-4/h10-11,14H,5-9,12-13,15H2,1-4H3,(H,24,28). The van der Waals surface area contributed by atoms with Crippen molar-refractivity contribution in [3.63, 3.8) is 0 Å². The molecule has 1 aliphatic rings. The van der Waals surface area contributed by atoms with Crippen LogP contribution in [0, 0.1) is 0 Å². The number of hydrogen-bond acceptors (Lipinski definition) is 7. The average molecular weight is 461 g/mol. The molecule has 1 aliphatic carbocycles. The van der Waals surface area contributed by atoms with Crippen molar-refractivity contribution in [2.75, 3.05) is 45.9 Å². The molecule has 0 spiro atoms. The van der Waals surface area contributed by atoms with Gasteiger partial charge in [0, 0.05) is 23.9 Å². The second-order valence-corrected chi connectivity index (χ2v) is 9.01. The topological polar surface area (TPSA) is 85.7 Å². The lowest BCUT2D eigenvalue weighted by molar-refractivity contribution is -0.113. The Kier molecular flexibility index (Phi) is 8.58. The fraction of sp³-hybridized carbons (Fsp3) is 0.522. The number of rotatable bonds is 10. The van der Waals surface area contributed by atoms with E-state index in [1.165, 1.54) is 11.8 Å². The van der Waals surface area contributed by atoms with Crippen LogP contribution in [0.1, 0.15) is 30.5 Å². The highest BCUT2D eigenvalue weighted by Gasteiger charge is 2.21. The van der Waals surface area contributed by atoms with E-state index in [-0.39, 0.29) is 17.3 Å². The van der Waals surface area contributed by atoms with Gasteiger partial charge in [-0.2, -0.15) is 4.98 Å². The number of carbonyl (C=O) groups is 1. The fourth-order valence-corrected chi connectivity index (χ4v) is 4.75. The predicted octanol–water partition coefficient (Wildman–Crippen LogP) is 2.82. The molecule has 0 bridgehead atoms. The van der Waals surface area contributed by atoms with Crippen LogP contribution in [0.4, 0.5) is 5.69 Å². The smallest absolute Gasteiger partial charge is 0.348 e. The van der Waals surface area contributed by atoms with Gasteiger partial charge in [-0.15, -0.1) is 0 Å². The van der Waals surface area contributed by atoms with E-state index in [1.807, 2.05) is 18.7 Å². The molecule has 0 radical (unpaired) electrons. The van der Waals surface area contributed by atoms with Crippen LogP contribution in [0.5, 0.6) is 11.5 Å². The largest absolute Gasteiger partial charge is 0.497 e. The summed E-state index contributed by atoms with van der Waals surface area (Å²) in [5.41, 5.74) is 2.54. The van der Waals surface area contributed by atoms with Crippen LogP contribution >= 0.6 is 11.8 Å². The molecule has 0 atom stereocenters. The summed E-state index contributed by atoms with van der Waals surface area (Å²) in [5.74, 6) is 1.15. The average Bonchev–Trinajstić information content (AvgIpc) is 2.79. The number of ether oxygens (including phenoxy) is 2. The van der Waals surface area contributed by atoms with Crippen LogP contribution in [0.25, 0.3) is 0 Å². The summed E-state index contributed by atoms with van der Waals surface area (Å²) >= 11 is 1.32. The van der Waals surface area contributed by atoms with Gasteiger partial charge in [0.05, 0.1) is 25.7 Å². The third-order valence-corrected chi connectivity index (χ3v) is 6.48. The number of hydrogen-bond donors (Lipinski definition) is 1. The highest BCUT2D eigenvalue weighted by Crippen LogP contribution is 2.31. The SMILES string of the molecule is COc1ccc(OC)c(NC(=O)CSc2nc(=O)n(CCCN(C)C)c3c2CCCC3)c1. The lowest BCUT2D eigenvalue weighted by atomic mass is 9.97. The predicted molar refractivity (Wildman–Crippen MR) is 127 cm³/mol. The molecule has 9 heteroatoms. The molecule has 174 valence electrons. The summed E-state index contributed by atoms with van der Waals surface area (Å²) in [5, 5.41) is 3.55. The number of aromatic nitrogens is 2. The third kappa shape index (κ3) is 6.04. The second-order valence-electron chi connectivity index (χ2n) is 8.04. The molecule has 2 aromatic rings. The number of fused-ring (bicyclic) bond motifs is 1. The summed E-state index contributed by atoms with van der Waals surface area (Å²) in [6.45, 7) is 1.60. The lowest BCUT2D eigenvalue weighted by Crippen LogP contribution is -2.31. The van der Waals surface area contributed by atoms with E-state index in [2.05, 4.69) is 15.2 Å². The lowest BCUT2D eigenvalue weighted by Gasteiger charge is -2.23. The quantitative estimate of drug-likeness (QED) is 0.431. The van der Waals surface area contributed by atoms with Gasteiger partial charge in [0.1, 0.15) is 16.5 Å². The number of nitrogens with zero attached hydrogens (tertiary/aromatic N) is 3. The van der Waals surface area contributed by atoms with Crippen molar-refractivity contribution in [2.24, 2.45) is 0 Å². The molecule has 0 aliphatic heterocycles. The second kappa shape index (κ2) is 11.4. The normalized spacial score (nSPS) is 13.0. The van der Waals surface area contributed by atoms with Crippen molar-refractivity contribution in [3.8, 4) is 11.5 Å². The van der Waals surface area contributed by atoms with Gasteiger partial charge in [0.2, 0.25) is 5.91 Å². The molecule has 1 N–H and O–H groups in total. The van der Waals surface area contributed by atoms with E-state index >= 15 is 0 Å². The Morgan fingerprint density at radius 3 is 2.72 bits per heavy atom. The summed E-state index contributed by atoms with van der Waals surface area (Å²) in [6.07, 6.45) is 4.83. The zero-order chi connectivity index (χ0) is 23.1. The Morgan fingerprint density at radius 1 is 1.22 bits per heavy atom. The van der Waals surface area contributed by atoms with Crippen LogP contribution in [-0.4, -0.2) is 61.0 Å². The van der Waals surface area contributed by atoms with Crippen molar-refractivity contribution in [3.05, 3.63) is 39.9 Å². The minimum atomic E-state index is -0.221. The van der Waals surface area contributed by atoms with Crippen molar-refractivity contribution >= 4 is 23.4 Å². The van der Waals surface area contributed by atoms with Crippen molar-refractivity contribution in [2.45, 2.75) is 43.7 Å². The molecule has 8 nitrogen and oxygen atoms in total. The molecule has 1 heterocycles. The van der Waals surface area contributed by atoms with Crippen LogP contribution in [0.2, 0.25) is 0 Å². The van der Waals surface area contributed by atoms with E-state index in [4.69, 9.17) is 9.47 Å². The summed E-state index contributed by atoms with van der Waals surface area (Å²) in [4.78, 5) is 31.9. The first-order valence-electron chi connectivity index (χ1n) is 10.8. The van der Waals surface area contributed by atoms with E-state index in [1.54, 1.807) is 32.4 Å². The summed E-state index contributed by atoms with van der Waals surface area (Å²) < 4.78 is 12.4. The Bertz CT molecular complexity index is 1010. The van der Waals surface area contributed by atoms with Crippen molar-refractivity contribution in [1.82, 2.24) is 14.5 Å². The number of amides is 1. The van der Waals surface area contributed by atoms with E-state index in [0.29, 0.717) is 28.8 Å². The Morgan fingerprint density at radius 2 is 2.00 bits per heavy atom. The number of methoxy groups -OCH3 is 2. The van der Waals surface area contributed by atoms with Gasteiger partial charge in [-0.3, -0.25) is 9.36 Å². The van der Waals surface area contributed by atoms with Gasteiger partial charge in [-0.1, -0.05) is 11.8 Å². The fourth-order valence-electron chi connectivity index (χ4n) is 3.87. The third-order valence-electron chi connectivity index (χ3n) is 5.46. The van der Waals surface area contributed by atoms with Crippen LogP contribution in [0.15, 0.2) is 28.0 Å². The maximum Gasteiger partial charge on any atom is 0.348 e. The van der Waals surface area contributed by atoms with Gasteiger partial charge in [-0.25, -0.2) is 4.79 Å². The molecule has 1 aromatic heterocycles. The summed E-state index contributed by atoms with van der Waals surface area (Å²) in [7, 11) is 7.18. The zero-order valence-corrected chi connectivity index (χ0v) is 20.1. The van der Waals surface area contributed by atoms with E-state index in [9.17, 15) is 9.59 Å². The van der Waals surface area contributed by atoms with E-state index < -0.39 is 0 Å². The number of benzene rings is 1. The molecule has 0 saturated carbocycles. The van der Waals surface area contributed by atoms with Gasteiger partial charge >= 0.3 is 5.69 Å². The van der Waals surface area contributed by atoms with Gasteiger partial charge in [0.15, 0.2) is 0 Å². The van der Waals surface area contributed by atoms with E-state index in [0.717, 1.165) is 49.9 Å². The first-order valence-corrected chi connectivity index (χ1v) is 11.8. The molecular formula is C23H32N4O4S. The molecule has 1 amide bonds. The van der Waals surface area contributed by atoms with Gasteiger partial charge in [0.25, 0.3) is 0 Å². The minimum absolute atomic E-state index is 0.157. The molecular weight excluding hydrogens is 428 g/mol. The number of nitrogens with one attached hydrogen (secondary N) is 1. The van der Waals surface area contributed by atoms with Gasteiger partial charge < -0.3 is 19.7 Å². The highest BCUT2D eigenvalue weighted by molar-refractivity contribution is 8.00. The minimum Gasteiger partial charge on any atom is -0.497 e. The first-order chi connectivity index (χ1) is 15.4. The number of carbonyl (C=O) groups excluding carboxylic acids is 1.